The SMILES string of the molecule is CC1CC(C(=O)O)C(C(=O)c2c[nH]c3nccc(Cl)c23)C1. The van der Waals surface area contributed by atoms with E-state index < -0.39 is 17.8 Å². The van der Waals surface area contributed by atoms with Gasteiger partial charge in [0.1, 0.15) is 5.65 Å². The highest BCUT2D eigenvalue weighted by atomic mass is 35.5. The first-order valence-electron chi connectivity index (χ1n) is 6.87. The van der Waals surface area contributed by atoms with Gasteiger partial charge in [-0.1, -0.05) is 18.5 Å². The van der Waals surface area contributed by atoms with Crippen LogP contribution in [0.3, 0.4) is 0 Å². The Labute approximate surface area is 126 Å². The van der Waals surface area contributed by atoms with E-state index in [2.05, 4.69) is 9.97 Å². The van der Waals surface area contributed by atoms with Gasteiger partial charge >= 0.3 is 5.97 Å². The maximum Gasteiger partial charge on any atom is 0.307 e. The highest BCUT2D eigenvalue weighted by Crippen LogP contribution is 2.39. The van der Waals surface area contributed by atoms with Gasteiger partial charge in [0.15, 0.2) is 5.78 Å². The summed E-state index contributed by atoms with van der Waals surface area (Å²) in [6.07, 6.45) is 4.28. The van der Waals surface area contributed by atoms with E-state index >= 15 is 0 Å². The zero-order valence-corrected chi connectivity index (χ0v) is 12.2. The average molecular weight is 307 g/mol. The fraction of sp³-hybridized carbons (Fsp3) is 0.400. The maximum atomic E-state index is 12.8. The molecule has 0 spiro atoms. The van der Waals surface area contributed by atoms with Crippen molar-refractivity contribution in [2.24, 2.45) is 17.8 Å². The molecule has 2 aromatic rings. The van der Waals surface area contributed by atoms with Gasteiger partial charge in [-0.15, -0.1) is 0 Å². The Hall–Kier alpha value is -1.88. The minimum absolute atomic E-state index is 0.159. The van der Waals surface area contributed by atoms with Crippen LogP contribution in [0.4, 0.5) is 0 Å². The maximum absolute atomic E-state index is 12.8. The molecule has 6 heteroatoms. The molecular formula is C15H15ClN2O3. The summed E-state index contributed by atoms with van der Waals surface area (Å²) in [5, 5.41) is 10.3. The number of Topliss-reactive ketones (excluding diaryl/α,β-unsaturated/α-hetero) is 1. The number of pyridine rings is 1. The quantitative estimate of drug-likeness (QED) is 0.853. The number of aromatic amines is 1. The Morgan fingerprint density at radius 1 is 1.38 bits per heavy atom. The number of aromatic nitrogens is 2. The van der Waals surface area contributed by atoms with E-state index in [1.54, 1.807) is 18.5 Å². The van der Waals surface area contributed by atoms with Crippen LogP contribution in [-0.4, -0.2) is 26.8 Å². The van der Waals surface area contributed by atoms with E-state index in [9.17, 15) is 14.7 Å². The van der Waals surface area contributed by atoms with Crippen molar-refractivity contribution < 1.29 is 14.7 Å². The first-order valence-corrected chi connectivity index (χ1v) is 7.25. The monoisotopic (exact) mass is 306 g/mol. The third-order valence-electron chi connectivity index (χ3n) is 4.24. The largest absolute Gasteiger partial charge is 0.481 e. The number of H-pyrrole nitrogens is 1. The van der Waals surface area contributed by atoms with Gasteiger partial charge in [0, 0.05) is 29.3 Å². The van der Waals surface area contributed by atoms with Crippen LogP contribution in [0.2, 0.25) is 5.02 Å². The smallest absolute Gasteiger partial charge is 0.307 e. The Kier molecular flexibility index (Phi) is 3.45. The van der Waals surface area contributed by atoms with Crippen LogP contribution in [0, 0.1) is 17.8 Å². The molecule has 110 valence electrons. The van der Waals surface area contributed by atoms with Crippen molar-refractivity contribution in [2.75, 3.05) is 0 Å². The van der Waals surface area contributed by atoms with Crippen molar-refractivity contribution in [2.45, 2.75) is 19.8 Å². The zero-order chi connectivity index (χ0) is 15.1. The summed E-state index contributed by atoms with van der Waals surface area (Å²) in [5.74, 6) is -1.94. The molecule has 2 heterocycles. The number of carboxylic acids is 1. The molecule has 0 amide bonds. The Balaban J connectivity index is 2.03. The van der Waals surface area contributed by atoms with Crippen LogP contribution >= 0.6 is 11.6 Å². The van der Waals surface area contributed by atoms with Crippen LogP contribution < -0.4 is 0 Å². The summed E-state index contributed by atoms with van der Waals surface area (Å²) in [4.78, 5) is 31.2. The van der Waals surface area contributed by atoms with Gasteiger partial charge in [-0.25, -0.2) is 4.98 Å². The lowest BCUT2D eigenvalue weighted by molar-refractivity contribution is -0.142. The molecule has 0 bridgehead atoms. The van der Waals surface area contributed by atoms with Gasteiger partial charge in [0.05, 0.1) is 10.9 Å². The second-order valence-electron chi connectivity index (χ2n) is 5.71. The second-order valence-corrected chi connectivity index (χ2v) is 6.12. The van der Waals surface area contributed by atoms with E-state index in [1.807, 2.05) is 6.92 Å². The van der Waals surface area contributed by atoms with Gasteiger partial charge < -0.3 is 10.1 Å². The number of carbonyl (C=O) groups is 2. The van der Waals surface area contributed by atoms with Gasteiger partial charge in [-0.2, -0.15) is 0 Å². The van der Waals surface area contributed by atoms with Crippen LogP contribution in [0.5, 0.6) is 0 Å². The highest BCUT2D eigenvalue weighted by molar-refractivity contribution is 6.36. The molecule has 1 aliphatic rings. The lowest BCUT2D eigenvalue weighted by Gasteiger charge is -2.13. The number of hydrogen-bond donors (Lipinski definition) is 2. The molecule has 3 rings (SSSR count). The fourth-order valence-corrected chi connectivity index (χ4v) is 3.51. The minimum Gasteiger partial charge on any atom is -0.481 e. The van der Waals surface area contributed by atoms with Crippen LogP contribution in [0.25, 0.3) is 11.0 Å². The molecule has 3 unspecified atom stereocenters. The topological polar surface area (TPSA) is 83.0 Å². The van der Waals surface area contributed by atoms with Crippen LogP contribution in [0.15, 0.2) is 18.5 Å². The summed E-state index contributed by atoms with van der Waals surface area (Å²) in [7, 11) is 0. The summed E-state index contributed by atoms with van der Waals surface area (Å²) in [6, 6.07) is 1.63. The molecule has 0 radical (unpaired) electrons. The number of halogens is 1. The number of aliphatic carboxylic acids is 1. The minimum atomic E-state index is -0.901. The van der Waals surface area contributed by atoms with Gasteiger partial charge in [0.2, 0.25) is 0 Å². The normalized spacial score (nSPS) is 25.3. The molecule has 0 aromatic carbocycles. The van der Waals surface area contributed by atoms with E-state index in [1.165, 1.54) is 0 Å². The van der Waals surface area contributed by atoms with Crippen molar-refractivity contribution in [3.8, 4) is 0 Å². The predicted octanol–water partition coefficient (Wildman–Crippen LogP) is 3.15. The van der Waals surface area contributed by atoms with E-state index in [-0.39, 0.29) is 11.7 Å². The van der Waals surface area contributed by atoms with E-state index in [4.69, 9.17) is 11.6 Å². The number of fused-ring (bicyclic) bond motifs is 1. The molecule has 1 aliphatic carbocycles. The third-order valence-corrected chi connectivity index (χ3v) is 4.56. The molecule has 1 fully saturated rings. The number of nitrogens with zero attached hydrogens (tertiary/aromatic N) is 1. The third kappa shape index (κ3) is 2.31. The zero-order valence-electron chi connectivity index (χ0n) is 11.5. The standard InChI is InChI=1S/C15H15ClN2O3/c1-7-4-8(9(5-7)15(20)21)13(19)10-6-18-14-12(10)11(16)2-3-17-14/h2-3,6-9H,4-5H2,1H3,(H,17,18)(H,20,21). The van der Waals surface area contributed by atoms with Crippen molar-refractivity contribution in [1.82, 2.24) is 9.97 Å². The molecule has 2 aromatic heterocycles. The number of rotatable bonds is 3. The molecule has 0 saturated heterocycles. The van der Waals surface area contributed by atoms with Gasteiger partial charge in [-0.3, -0.25) is 9.59 Å². The van der Waals surface area contributed by atoms with Crippen molar-refractivity contribution in [1.29, 1.82) is 0 Å². The van der Waals surface area contributed by atoms with Crippen molar-refractivity contribution in [3.63, 3.8) is 0 Å². The number of carbonyl (C=O) groups excluding carboxylic acids is 1. The number of hydrogen-bond acceptors (Lipinski definition) is 3. The predicted molar refractivity (Wildman–Crippen MR) is 78.4 cm³/mol. The molecule has 0 aliphatic heterocycles. The Morgan fingerprint density at radius 3 is 2.81 bits per heavy atom. The molecule has 2 N–H and O–H groups in total. The number of nitrogens with one attached hydrogen (secondary N) is 1. The molecule has 5 nitrogen and oxygen atoms in total. The second kappa shape index (κ2) is 5.15. The first kappa shape index (κ1) is 14.1. The summed E-state index contributed by atoms with van der Waals surface area (Å²) in [5.41, 5.74) is 0.984. The lowest BCUT2D eigenvalue weighted by atomic mass is 9.88. The molecule has 1 saturated carbocycles. The number of ketones is 1. The highest BCUT2D eigenvalue weighted by Gasteiger charge is 2.42. The Bertz CT molecular complexity index is 725. The Morgan fingerprint density at radius 2 is 2.10 bits per heavy atom. The lowest BCUT2D eigenvalue weighted by Crippen LogP contribution is -2.25. The first-order chi connectivity index (χ1) is 9.99. The van der Waals surface area contributed by atoms with Crippen molar-refractivity contribution in [3.05, 3.63) is 29.0 Å². The number of carboxylic acid groups (broad SMARTS) is 1. The molecular weight excluding hydrogens is 292 g/mol. The van der Waals surface area contributed by atoms with E-state index in [0.717, 1.165) is 0 Å². The summed E-state index contributed by atoms with van der Waals surface area (Å²) in [6.45, 7) is 1.98. The summed E-state index contributed by atoms with van der Waals surface area (Å²) >= 11 is 6.15. The fourth-order valence-electron chi connectivity index (χ4n) is 3.27. The molecule has 3 atom stereocenters. The summed E-state index contributed by atoms with van der Waals surface area (Å²) < 4.78 is 0. The molecule has 21 heavy (non-hydrogen) atoms. The van der Waals surface area contributed by atoms with Crippen LogP contribution in [0.1, 0.15) is 30.1 Å². The van der Waals surface area contributed by atoms with Gasteiger partial charge in [-0.05, 0) is 24.8 Å². The van der Waals surface area contributed by atoms with E-state index in [0.29, 0.717) is 34.5 Å². The average Bonchev–Trinajstić information content (AvgIpc) is 3.02. The van der Waals surface area contributed by atoms with Gasteiger partial charge in [0.25, 0.3) is 0 Å². The van der Waals surface area contributed by atoms with Crippen molar-refractivity contribution >= 4 is 34.4 Å². The van der Waals surface area contributed by atoms with Crippen LogP contribution in [-0.2, 0) is 4.79 Å².